The molecule has 117 heavy (non-hydrogen) atoms. The summed E-state index contributed by atoms with van der Waals surface area (Å²) in [6.45, 7) is 13.1. The number of hydrogen-bond acceptors (Lipinski definition) is 12. The number of unbranched alkanes of at least 4 members (excludes halogenated alkanes) is 16. The molecule has 0 saturated heterocycles. The Hall–Kier alpha value is -5.26. The molecule has 0 heterocycles. The van der Waals surface area contributed by atoms with E-state index in [0.717, 1.165) is 220 Å². The quantitative estimate of drug-likeness (QED) is 0.0129. The van der Waals surface area contributed by atoms with Gasteiger partial charge in [0.1, 0.15) is 30.5 Å². The van der Waals surface area contributed by atoms with E-state index in [9.17, 15) is 44.7 Å². The van der Waals surface area contributed by atoms with Gasteiger partial charge in [0, 0.05) is 25.7 Å². The number of carbonyl (C=O) groups excluding carboxylic acids is 2. The Morgan fingerprint density at radius 3 is 0.658 bits per heavy atom. The molecule has 0 radical (unpaired) electrons. The van der Waals surface area contributed by atoms with Gasteiger partial charge in [-0.25, -0.2) is 0 Å². The Labute approximate surface area is 726 Å². The van der Waals surface area contributed by atoms with Gasteiger partial charge in [0.15, 0.2) is 0 Å². The fourth-order valence-corrected chi connectivity index (χ4v) is 14.9. The van der Waals surface area contributed by atoms with Gasteiger partial charge < -0.3 is 50.7 Å². The number of esters is 2. The zero-order chi connectivity index (χ0) is 84.4. The fourth-order valence-electron chi connectivity index (χ4n) is 14.9. The molecule has 5 saturated carbocycles. The Balaban J connectivity index is 0. The van der Waals surface area contributed by atoms with Crippen LogP contribution in [0.15, 0.2) is 60.8 Å². The van der Waals surface area contributed by atoms with E-state index in [4.69, 9.17) is 10.2 Å². The molecule has 15 atom stereocenters. The van der Waals surface area contributed by atoms with Crippen molar-refractivity contribution in [3.8, 4) is 59.2 Å². The first-order valence-corrected chi connectivity index (χ1v) is 46.7. The number of methoxy groups -OCH3 is 2. The first-order chi connectivity index (χ1) is 55.9. The van der Waals surface area contributed by atoms with Crippen LogP contribution in [0, 0.1) is 118 Å². The number of aliphatic carboxylic acids is 2. The molecule has 0 aromatic heterocycles. The van der Waals surface area contributed by atoms with Crippen LogP contribution in [0.2, 0.25) is 0 Å². The second-order valence-corrected chi connectivity index (χ2v) is 33.6. The maximum absolute atomic E-state index is 11.0. The van der Waals surface area contributed by atoms with E-state index in [0.29, 0.717) is 25.7 Å². The molecular weight excluding hydrogens is 1460 g/mol. The zero-order valence-corrected chi connectivity index (χ0v) is 75.4. The monoisotopic (exact) mass is 1620 g/mol. The van der Waals surface area contributed by atoms with Crippen LogP contribution in [0.4, 0.5) is 0 Å². The second kappa shape index (κ2) is 80.5. The van der Waals surface area contributed by atoms with E-state index in [-0.39, 0.29) is 36.3 Å². The number of rotatable bonds is 59. The van der Waals surface area contributed by atoms with Crippen molar-refractivity contribution >= 4 is 23.9 Å². The predicted octanol–water partition coefficient (Wildman–Crippen LogP) is 20.7. The van der Waals surface area contributed by atoms with Crippen LogP contribution in [0.3, 0.4) is 0 Å². The summed E-state index contributed by atoms with van der Waals surface area (Å²) in [6, 6.07) is 0. The molecule has 5 fully saturated rings. The molecule has 0 amide bonds. The SMILES string of the molecule is CCCCCC(O)C#C/C=C\CC[C@H]1C[C@H]1CCCCC.CCCCC[C@@H](O)C#C/C=C\CC[C@H]1C[C@H]1CCCCC(=O)O.CCCCC[C@@H](O)C#C/C=C\CC[C@H]1C[C@H]1CCCCC(=O)OC.CCCCC[C@H](O)C#C/C=C\CC[C@H]1C[C@H]1CCCCC(=O)O.CCCCC[C@H](O)C#C/C=C\CC[C@H]1C[C@H]1CCCCC(=O)OC.[Li+].[OH-]. The third-order valence-electron chi connectivity index (χ3n) is 23.0. The molecule has 8 N–H and O–H groups in total. The van der Waals surface area contributed by atoms with E-state index in [2.05, 4.69) is 141 Å². The second-order valence-electron chi connectivity index (χ2n) is 33.6. The van der Waals surface area contributed by atoms with Gasteiger partial charge in [0.25, 0.3) is 0 Å². The van der Waals surface area contributed by atoms with Crippen molar-refractivity contribution in [1.82, 2.24) is 0 Å². The molecule has 0 aromatic carbocycles. The van der Waals surface area contributed by atoms with Crippen molar-refractivity contribution in [2.45, 2.75) is 425 Å². The maximum atomic E-state index is 11.0. The summed E-state index contributed by atoms with van der Waals surface area (Å²) in [5.41, 5.74) is 0. The van der Waals surface area contributed by atoms with Crippen LogP contribution in [-0.4, -0.2) is 110 Å². The topological polar surface area (TPSA) is 258 Å². The molecule has 14 nitrogen and oxygen atoms in total. The fraction of sp³-hybridized carbons (Fsp3) is 0.765. The summed E-state index contributed by atoms with van der Waals surface area (Å²) in [4.78, 5) is 42.9. The van der Waals surface area contributed by atoms with E-state index in [1.54, 1.807) is 0 Å². The molecule has 5 aliphatic rings. The minimum Gasteiger partial charge on any atom is -0.870 e. The largest absolute Gasteiger partial charge is 1.00 e. The predicted molar refractivity (Wildman–Crippen MR) is 479 cm³/mol. The number of carboxylic acid groups (broad SMARTS) is 2. The van der Waals surface area contributed by atoms with E-state index in [1.165, 1.54) is 181 Å². The average Bonchev–Trinajstić information content (AvgIpc) is 1.73. The van der Waals surface area contributed by atoms with Gasteiger partial charge in [-0.2, -0.15) is 0 Å². The molecule has 1 unspecified atom stereocenters. The average molecular weight is 1620 g/mol. The Morgan fingerprint density at radius 1 is 0.291 bits per heavy atom. The standard InChI is InChI=1S/2C21H34O3.2C20H32O3.C20H34O.Li.H2O/c2*1-3-4-7-14-20(22)15-9-6-5-8-12-18-17-19(18)13-10-11-16-21(23)24-2;2*1-2-3-6-13-19(21)14-8-5-4-7-11-17-16-18(17)12-9-10-15-20(22)23;1-3-5-9-13-18-17-19(18)14-11-7-8-12-16-20(21)15-10-6-4-2;;/h2*5-6,18-20,22H,3-4,7-8,10-14,16-17H2,1-2H3;2*4-5,17-19,21H,2-3,6-7,9-13,15-16H2,1H3,(H,22,23);7-8,18-21H,3-6,9-11,13-15,17H2,1-2H3;;1H2/q;;;;;+1;/p-1/b2*6-5-;2*5-4-;8-7-;;/t18-,19+,20+;18-,19+,20-;17-,18+,19+;17-,18+,19-;18-,19+,20?;;/m00001../s1. The number of aliphatic hydroxyl groups is 5. The summed E-state index contributed by atoms with van der Waals surface area (Å²) in [6.07, 6.45) is 77.1. The summed E-state index contributed by atoms with van der Waals surface area (Å²) in [5, 5.41) is 65.5. The van der Waals surface area contributed by atoms with Gasteiger partial charge >= 0.3 is 42.7 Å². The summed E-state index contributed by atoms with van der Waals surface area (Å²) in [7, 11) is 2.90. The Morgan fingerprint density at radius 2 is 0.470 bits per heavy atom. The molecule has 0 spiro atoms. The molecular formula is C102H167LiO14. The smallest absolute Gasteiger partial charge is 0.870 e. The van der Waals surface area contributed by atoms with Gasteiger partial charge in [-0.05, 0) is 276 Å². The first-order valence-electron chi connectivity index (χ1n) is 46.7. The molecule has 15 heteroatoms. The summed E-state index contributed by atoms with van der Waals surface area (Å²) < 4.78 is 9.29. The zero-order valence-electron chi connectivity index (χ0n) is 75.4. The molecule has 0 aliphatic heterocycles. The minimum absolute atomic E-state index is 0. The number of aliphatic hydroxyl groups excluding tert-OH is 5. The van der Waals surface area contributed by atoms with Gasteiger partial charge in [-0.15, -0.1) is 0 Å². The van der Waals surface area contributed by atoms with Gasteiger partial charge in [-0.1, -0.05) is 272 Å². The van der Waals surface area contributed by atoms with E-state index in [1.807, 2.05) is 30.4 Å². The van der Waals surface area contributed by atoms with Crippen molar-refractivity contribution in [2.24, 2.45) is 59.2 Å². The van der Waals surface area contributed by atoms with Crippen molar-refractivity contribution < 1.29 is 88.7 Å². The minimum atomic E-state index is -0.681. The Bertz CT molecular complexity index is 2790. The van der Waals surface area contributed by atoms with Crippen LogP contribution in [0.1, 0.15) is 395 Å². The summed E-state index contributed by atoms with van der Waals surface area (Å²) >= 11 is 0. The molecule has 5 rings (SSSR count). The van der Waals surface area contributed by atoms with Crippen molar-refractivity contribution in [2.75, 3.05) is 14.2 Å². The van der Waals surface area contributed by atoms with E-state index >= 15 is 0 Å². The molecule has 0 bridgehead atoms. The van der Waals surface area contributed by atoms with Crippen LogP contribution in [0.5, 0.6) is 0 Å². The maximum Gasteiger partial charge on any atom is 1.00 e. The first kappa shape index (κ1) is 114. The third kappa shape index (κ3) is 75.4. The van der Waals surface area contributed by atoms with Crippen LogP contribution in [-0.2, 0) is 28.7 Å². The molecule has 0 aromatic rings. The van der Waals surface area contributed by atoms with Crippen LogP contribution in [0.25, 0.3) is 0 Å². The van der Waals surface area contributed by atoms with E-state index < -0.39 is 42.5 Å². The number of hydrogen-bond donors (Lipinski definition) is 7. The molecule has 5 aliphatic carbocycles. The number of carbonyl (C=O) groups is 4. The molecule has 660 valence electrons. The van der Waals surface area contributed by atoms with Gasteiger partial charge in [0.2, 0.25) is 0 Å². The van der Waals surface area contributed by atoms with Gasteiger partial charge in [0.05, 0.1) is 14.2 Å². The van der Waals surface area contributed by atoms with Crippen molar-refractivity contribution in [3.05, 3.63) is 60.8 Å². The summed E-state index contributed by atoms with van der Waals surface area (Å²) in [5.74, 6) is 36.4. The van der Waals surface area contributed by atoms with Crippen molar-refractivity contribution in [3.63, 3.8) is 0 Å². The van der Waals surface area contributed by atoms with Crippen LogP contribution < -0.4 is 18.9 Å². The van der Waals surface area contributed by atoms with Gasteiger partial charge in [-0.3, -0.25) is 19.2 Å². The number of carboxylic acids is 2. The third-order valence-corrected chi connectivity index (χ3v) is 23.0. The normalized spacial score (nSPS) is 20.6. The Kier molecular flexibility index (Phi) is 78.3. The number of ether oxygens (including phenoxy) is 2. The number of allylic oxidation sites excluding steroid dienone is 10. The van der Waals surface area contributed by atoms with Crippen molar-refractivity contribution in [1.29, 1.82) is 0 Å². The van der Waals surface area contributed by atoms with Crippen LogP contribution >= 0.6 is 0 Å².